The molecule has 0 heterocycles. The summed E-state index contributed by atoms with van der Waals surface area (Å²) in [6.07, 6.45) is -0.867. The second kappa shape index (κ2) is 5.75. The Morgan fingerprint density at radius 1 is 1.53 bits per heavy atom. The van der Waals surface area contributed by atoms with Gasteiger partial charge in [-0.25, -0.2) is 4.79 Å². The van der Waals surface area contributed by atoms with E-state index in [2.05, 4.69) is 11.1 Å². The van der Waals surface area contributed by atoms with Crippen molar-refractivity contribution >= 4 is 13.8 Å². The van der Waals surface area contributed by atoms with E-state index in [1.54, 1.807) is 21.1 Å². The van der Waals surface area contributed by atoms with Crippen LogP contribution in [0.15, 0.2) is 12.2 Å². The molecule has 1 N–H and O–H groups in total. The van der Waals surface area contributed by atoms with Gasteiger partial charge in [-0.15, -0.1) is 0 Å². The highest BCUT2D eigenvalue weighted by Crippen LogP contribution is 2.31. The average Bonchev–Trinajstić information content (AvgIpc) is 2.07. The zero-order valence-corrected chi connectivity index (χ0v) is 11.3. The normalized spacial score (nSPS) is 17.1. The van der Waals surface area contributed by atoms with Gasteiger partial charge in [0.05, 0.1) is 21.1 Å². The predicted octanol–water partition coefficient (Wildman–Crippen LogP) is -0.385. The molecule has 0 bridgehead atoms. The molecule has 0 rings (SSSR count). The summed E-state index contributed by atoms with van der Waals surface area (Å²) in [7, 11) is 0.232. The van der Waals surface area contributed by atoms with Crippen LogP contribution in [-0.4, -0.2) is 49.3 Å². The quantitative estimate of drug-likeness (QED) is 0.231. The van der Waals surface area contributed by atoms with Gasteiger partial charge in [0, 0.05) is 5.57 Å². The minimum Gasteiger partial charge on any atom is -0.756 e. The van der Waals surface area contributed by atoms with Crippen LogP contribution in [0.25, 0.3) is 0 Å². The largest absolute Gasteiger partial charge is 0.756 e. The Balaban J connectivity index is 4.63. The smallest absolute Gasteiger partial charge is 0.337 e. The van der Waals surface area contributed by atoms with Crippen molar-refractivity contribution in [2.75, 3.05) is 27.7 Å². The number of hydrogen-bond acceptors (Lipinski definition) is 5. The van der Waals surface area contributed by atoms with E-state index in [0.717, 1.165) is 0 Å². The number of likely N-dealkylation sites (N-methyl/N-ethyl adjacent to an activating group) is 1. The second-order valence-corrected chi connectivity index (χ2v) is 5.72. The Bertz CT molecular complexity index is 342. The number of ether oxygens (including phenoxy) is 1. The first-order valence-corrected chi connectivity index (χ1v) is 6.29. The fraction of sp³-hybridized carbons (Fsp3) is 0.667. The Morgan fingerprint density at radius 2 is 2.00 bits per heavy atom. The number of rotatable bonds is 6. The third-order valence-corrected chi connectivity index (χ3v) is 2.31. The van der Waals surface area contributed by atoms with Gasteiger partial charge in [0.25, 0.3) is 14.1 Å². The van der Waals surface area contributed by atoms with E-state index in [9.17, 15) is 14.3 Å². The number of phosphoric ester groups is 1. The van der Waals surface area contributed by atoms with Crippen molar-refractivity contribution in [2.45, 2.75) is 13.2 Å². The molecule has 2 unspecified atom stereocenters. The number of phosphoric acid groups is 1. The molecule has 0 aromatic rings. The first kappa shape index (κ1) is 16.3. The van der Waals surface area contributed by atoms with E-state index in [1.165, 1.54) is 6.92 Å². The minimum absolute atomic E-state index is 0.124. The van der Waals surface area contributed by atoms with Gasteiger partial charge in [-0.1, -0.05) is 6.58 Å². The summed E-state index contributed by atoms with van der Waals surface area (Å²) < 4.78 is 19.8. The van der Waals surface area contributed by atoms with E-state index in [0.29, 0.717) is 0 Å². The highest BCUT2D eigenvalue weighted by atomic mass is 31.2. The summed E-state index contributed by atoms with van der Waals surface area (Å²) in [5.74, 6) is -0.648. The fourth-order valence-corrected chi connectivity index (χ4v) is 1.11. The third-order valence-electron chi connectivity index (χ3n) is 1.84. The van der Waals surface area contributed by atoms with E-state index >= 15 is 0 Å². The van der Waals surface area contributed by atoms with Crippen molar-refractivity contribution in [3.8, 4) is 0 Å². The molecule has 0 aliphatic carbocycles. The molecule has 8 heteroatoms. The second-order valence-electron chi connectivity index (χ2n) is 4.52. The standard InChI is InChI=1S/C9H18NO6P/c1-7(2)9(11)16-8(10(3,4)5)6-15-17(12,13)14/h8H,1,6H2,2-5H3,(H-,12,13,14). The van der Waals surface area contributed by atoms with E-state index in [-0.39, 0.29) is 10.1 Å². The number of carbonyl (C=O) groups excluding carboxylic acids is 1. The lowest BCUT2D eigenvalue weighted by Crippen LogP contribution is -2.50. The monoisotopic (exact) mass is 267 g/mol. The SMILES string of the molecule is C=C(C)C(=O)OC(COP(=O)([O-])O)[N+](C)(C)C. The van der Waals surface area contributed by atoms with Crippen molar-refractivity contribution in [1.82, 2.24) is 0 Å². The van der Waals surface area contributed by atoms with Gasteiger partial charge in [-0.05, 0) is 6.92 Å². The van der Waals surface area contributed by atoms with Crippen molar-refractivity contribution in [3.05, 3.63) is 12.2 Å². The van der Waals surface area contributed by atoms with Gasteiger partial charge in [0.1, 0.15) is 6.61 Å². The Kier molecular flexibility index (Phi) is 5.51. The van der Waals surface area contributed by atoms with Gasteiger partial charge in [-0.3, -0.25) is 9.05 Å². The van der Waals surface area contributed by atoms with Crippen LogP contribution in [0, 0.1) is 0 Å². The van der Waals surface area contributed by atoms with Crippen LogP contribution in [0.5, 0.6) is 0 Å². The molecule has 0 saturated carbocycles. The summed E-state index contributed by atoms with van der Waals surface area (Å²) in [6.45, 7) is 4.42. The lowest BCUT2D eigenvalue weighted by atomic mass is 10.3. The topological polar surface area (TPSA) is 95.9 Å². The van der Waals surface area contributed by atoms with E-state index in [1.807, 2.05) is 0 Å². The molecule has 100 valence electrons. The first-order chi connectivity index (χ1) is 7.43. The number of quaternary nitrogens is 1. The predicted molar refractivity (Wildman–Crippen MR) is 58.5 cm³/mol. The molecule has 7 nitrogen and oxygen atoms in total. The maximum absolute atomic E-state index is 11.3. The zero-order chi connectivity index (χ0) is 13.9. The van der Waals surface area contributed by atoms with Crippen molar-refractivity contribution < 1.29 is 32.9 Å². The zero-order valence-electron chi connectivity index (χ0n) is 10.4. The molecule has 0 radical (unpaired) electrons. The number of nitrogens with zero attached hydrogens (tertiary/aromatic N) is 1. The molecule has 0 amide bonds. The van der Waals surface area contributed by atoms with Gasteiger partial charge in [0.15, 0.2) is 0 Å². The summed E-state index contributed by atoms with van der Waals surface area (Å²) in [4.78, 5) is 30.3. The van der Waals surface area contributed by atoms with Crippen molar-refractivity contribution in [2.24, 2.45) is 0 Å². The lowest BCUT2D eigenvalue weighted by Gasteiger charge is -2.33. The first-order valence-electron chi connectivity index (χ1n) is 4.79. The molecule has 0 fully saturated rings. The lowest BCUT2D eigenvalue weighted by molar-refractivity contribution is -0.916. The Hall–Kier alpha value is -0.720. The van der Waals surface area contributed by atoms with Crippen molar-refractivity contribution in [1.29, 1.82) is 0 Å². The molecule has 0 saturated heterocycles. The summed E-state index contributed by atoms with van der Waals surface area (Å²) >= 11 is 0. The maximum atomic E-state index is 11.3. The van der Waals surface area contributed by atoms with Crippen LogP contribution in [0.1, 0.15) is 6.92 Å². The van der Waals surface area contributed by atoms with Gasteiger partial charge in [-0.2, -0.15) is 0 Å². The molecule has 0 spiro atoms. The highest BCUT2D eigenvalue weighted by molar-refractivity contribution is 7.44. The van der Waals surface area contributed by atoms with Crippen molar-refractivity contribution in [3.63, 3.8) is 0 Å². The maximum Gasteiger partial charge on any atom is 0.337 e. The molecule has 17 heavy (non-hydrogen) atoms. The molecule has 0 aromatic heterocycles. The van der Waals surface area contributed by atoms with Gasteiger partial charge < -0.3 is 19.0 Å². The number of carbonyl (C=O) groups is 1. The van der Waals surface area contributed by atoms with Crippen LogP contribution < -0.4 is 4.89 Å². The van der Waals surface area contributed by atoms with Crippen LogP contribution in [0.4, 0.5) is 0 Å². The van der Waals surface area contributed by atoms with Gasteiger partial charge >= 0.3 is 5.97 Å². The summed E-state index contributed by atoms with van der Waals surface area (Å²) in [5.41, 5.74) is 0.192. The van der Waals surface area contributed by atoms with E-state index in [4.69, 9.17) is 9.63 Å². The molecular weight excluding hydrogens is 249 g/mol. The van der Waals surface area contributed by atoms with Crippen LogP contribution in [-0.2, 0) is 18.6 Å². The number of hydrogen-bond donors (Lipinski definition) is 1. The highest BCUT2D eigenvalue weighted by Gasteiger charge is 2.29. The average molecular weight is 267 g/mol. The van der Waals surface area contributed by atoms with Crippen LogP contribution in [0.3, 0.4) is 0 Å². The minimum atomic E-state index is -4.83. The fourth-order valence-electron chi connectivity index (χ4n) is 0.798. The Morgan fingerprint density at radius 3 is 2.29 bits per heavy atom. The van der Waals surface area contributed by atoms with Crippen LogP contribution >= 0.6 is 7.82 Å². The molecular formula is C9H18NO6P. The molecule has 0 aliphatic heterocycles. The molecule has 0 aliphatic rings. The number of esters is 1. The molecule has 2 atom stereocenters. The third kappa shape index (κ3) is 7.25. The van der Waals surface area contributed by atoms with Crippen LogP contribution in [0.2, 0.25) is 0 Å². The Labute approximate surface area is 100 Å². The van der Waals surface area contributed by atoms with Gasteiger partial charge in [0.2, 0.25) is 0 Å². The van der Waals surface area contributed by atoms with E-state index < -0.39 is 26.6 Å². The molecule has 0 aromatic carbocycles. The summed E-state index contributed by atoms with van der Waals surface area (Å²) in [5, 5.41) is 0. The summed E-state index contributed by atoms with van der Waals surface area (Å²) in [6, 6.07) is 0.